The molecule has 0 fully saturated rings. The molecule has 0 spiro atoms. The number of anilines is 1. The summed E-state index contributed by atoms with van der Waals surface area (Å²) >= 11 is 0. The van der Waals surface area contributed by atoms with Gasteiger partial charge in [-0.1, -0.05) is 6.07 Å². The Labute approximate surface area is 86.6 Å². The van der Waals surface area contributed by atoms with Crippen LogP contribution in [0, 0.1) is 6.92 Å². The minimum Gasteiger partial charge on any atom is -0.291 e. The second kappa shape index (κ2) is 3.97. The van der Waals surface area contributed by atoms with Crippen LogP contribution in [0.5, 0.6) is 0 Å². The molecule has 0 amide bonds. The lowest BCUT2D eigenvalue weighted by molar-refractivity contribution is 0.961. The van der Waals surface area contributed by atoms with Crippen molar-refractivity contribution in [2.75, 3.05) is 5.43 Å². The molecular weight excluding hydrogens is 192 g/mol. The van der Waals surface area contributed by atoms with Gasteiger partial charge in [-0.05, 0) is 18.6 Å². The second-order valence-corrected chi connectivity index (χ2v) is 2.98. The number of aryl methyl sites for hydroxylation is 1. The Hall–Kier alpha value is -2.08. The van der Waals surface area contributed by atoms with Gasteiger partial charge >= 0.3 is 0 Å². The molecule has 0 bridgehead atoms. The molecule has 2 aromatic rings. The first-order valence-electron chi connectivity index (χ1n) is 4.39. The summed E-state index contributed by atoms with van der Waals surface area (Å²) in [6.45, 7) is 1.96. The highest BCUT2D eigenvalue weighted by atomic mass is 15.3. The van der Waals surface area contributed by atoms with E-state index in [0.717, 1.165) is 11.3 Å². The van der Waals surface area contributed by atoms with Crippen LogP contribution < -0.4 is 11.3 Å². The van der Waals surface area contributed by atoms with Crippen molar-refractivity contribution >= 4 is 5.95 Å². The molecule has 6 heteroatoms. The molecular formula is C9H10N6. The summed E-state index contributed by atoms with van der Waals surface area (Å²) in [5, 5.41) is 7.47. The molecule has 0 aliphatic heterocycles. The van der Waals surface area contributed by atoms with Crippen molar-refractivity contribution in [1.82, 2.24) is 20.2 Å². The number of nitrogens with zero attached hydrogens (tertiary/aromatic N) is 4. The van der Waals surface area contributed by atoms with Crippen molar-refractivity contribution in [1.29, 1.82) is 0 Å². The number of hydrazine groups is 1. The molecule has 0 aliphatic carbocycles. The van der Waals surface area contributed by atoms with Gasteiger partial charge in [0.05, 0.1) is 11.9 Å². The van der Waals surface area contributed by atoms with Crippen molar-refractivity contribution in [3.8, 4) is 11.4 Å². The normalized spacial score (nSPS) is 10.0. The molecule has 6 nitrogen and oxygen atoms in total. The molecule has 0 aromatic carbocycles. The molecule has 0 aliphatic rings. The van der Waals surface area contributed by atoms with E-state index >= 15 is 0 Å². The average Bonchev–Trinajstić information content (AvgIpc) is 2.30. The smallest absolute Gasteiger partial charge is 0.257 e. The highest BCUT2D eigenvalue weighted by Gasteiger charge is 2.05. The zero-order valence-corrected chi connectivity index (χ0v) is 8.18. The monoisotopic (exact) mass is 202 g/mol. The van der Waals surface area contributed by atoms with Crippen molar-refractivity contribution in [2.45, 2.75) is 6.92 Å². The number of nitrogen functional groups attached to an aromatic ring is 1. The maximum atomic E-state index is 5.20. The lowest BCUT2D eigenvalue weighted by Crippen LogP contribution is -2.11. The van der Waals surface area contributed by atoms with Crippen LogP contribution in [0.4, 0.5) is 5.95 Å². The van der Waals surface area contributed by atoms with Crippen molar-refractivity contribution < 1.29 is 0 Å². The van der Waals surface area contributed by atoms with E-state index in [1.807, 2.05) is 19.1 Å². The number of rotatable bonds is 2. The number of hydrogen-bond donors (Lipinski definition) is 2. The molecule has 0 atom stereocenters. The molecule has 76 valence electrons. The Morgan fingerprint density at radius 3 is 3.00 bits per heavy atom. The van der Waals surface area contributed by atoms with Gasteiger partial charge in [-0.25, -0.2) is 10.8 Å². The van der Waals surface area contributed by atoms with Crippen LogP contribution in [0.1, 0.15) is 5.56 Å². The third kappa shape index (κ3) is 1.89. The van der Waals surface area contributed by atoms with E-state index in [4.69, 9.17) is 5.84 Å². The number of pyridine rings is 1. The van der Waals surface area contributed by atoms with Gasteiger partial charge in [-0.15, -0.1) is 5.10 Å². The number of hydrogen-bond acceptors (Lipinski definition) is 6. The fourth-order valence-electron chi connectivity index (χ4n) is 1.23. The maximum Gasteiger partial charge on any atom is 0.257 e. The van der Waals surface area contributed by atoms with E-state index in [0.29, 0.717) is 5.69 Å². The van der Waals surface area contributed by atoms with Crippen molar-refractivity contribution in [3.63, 3.8) is 0 Å². The van der Waals surface area contributed by atoms with Crippen LogP contribution in [-0.2, 0) is 0 Å². The highest BCUT2D eigenvalue weighted by molar-refractivity contribution is 5.57. The summed E-state index contributed by atoms with van der Waals surface area (Å²) in [4.78, 5) is 8.38. The van der Waals surface area contributed by atoms with Crippen LogP contribution in [0.2, 0.25) is 0 Å². The third-order valence-electron chi connectivity index (χ3n) is 1.94. The van der Waals surface area contributed by atoms with Crippen LogP contribution >= 0.6 is 0 Å². The van der Waals surface area contributed by atoms with Crippen LogP contribution in [0.25, 0.3) is 11.4 Å². The Morgan fingerprint density at radius 1 is 1.40 bits per heavy atom. The van der Waals surface area contributed by atoms with Gasteiger partial charge in [0.15, 0.2) is 0 Å². The van der Waals surface area contributed by atoms with Crippen molar-refractivity contribution in [2.24, 2.45) is 5.84 Å². The van der Waals surface area contributed by atoms with Gasteiger partial charge in [-0.2, -0.15) is 5.10 Å². The molecule has 2 aromatic heterocycles. The van der Waals surface area contributed by atoms with Gasteiger partial charge in [0.25, 0.3) is 5.95 Å². The fraction of sp³-hybridized carbons (Fsp3) is 0.111. The fourth-order valence-corrected chi connectivity index (χ4v) is 1.23. The molecule has 3 N–H and O–H groups in total. The molecule has 2 heterocycles. The third-order valence-corrected chi connectivity index (χ3v) is 1.94. The van der Waals surface area contributed by atoms with Crippen molar-refractivity contribution in [3.05, 3.63) is 30.1 Å². The highest BCUT2D eigenvalue weighted by Crippen LogP contribution is 2.17. The quantitative estimate of drug-likeness (QED) is 0.545. The van der Waals surface area contributed by atoms with E-state index in [9.17, 15) is 0 Å². The van der Waals surface area contributed by atoms with E-state index in [-0.39, 0.29) is 5.95 Å². The van der Waals surface area contributed by atoms with Crippen LogP contribution in [0.15, 0.2) is 24.5 Å². The minimum atomic E-state index is 0.276. The first kappa shape index (κ1) is 9.47. The predicted molar refractivity (Wildman–Crippen MR) is 55.6 cm³/mol. The summed E-state index contributed by atoms with van der Waals surface area (Å²) in [5.74, 6) is 5.47. The van der Waals surface area contributed by atoms with Crippen LogP contribution in [0.3, 0.4) is 0 Å². The first-order valence-corrected chi connectivity index (χ1v) is 4.39. The Kier molecular flexibility index (Phi) is 2.51. The van der Waals surface area contributed by atoms with Gasteiger partial charge in [-0.3, -0.25) is 10.4 Å². The second-order valence-electron chi connectivity index (χ2n) is 2.98. The number of aromatic nitrogens is 4. The average molecular weight is 202 g/mol. The SMILES string of the molecule is Cc1cccnc1-c1cnnc(NN)n1. The number of nitrogens with one attached hydrogen (secondary N) is 1. The largest absolute Gasteiger partial charge is 0.291 e. The molecule has 0 unspecified atom stereocenters. The summed E-state index contributed by atoms with van der Waals surface area (Å²) in [5.41, 5.74) is 4.80. The lowest BCUT2D eigenvalue weighted by Gasteiger charge is -2.03. The summed E-state index contributed by atoms with van der Waals surface area (Å²) in [7, 11) is 0. The van der Waals surface area contributed by atoms with E-state index in [2.05, 4.69) is 25.6 Å². The Morgan fingerprint density at radius 2 is 2.27 bits per heavy atom. The Bertz CT molecular complexity index is 470. The standard InChI is InChI=1S/C9H10N6/c1-6-3-2-4-11-8(6)7-5-12-15-9(13-7)14-10/h2-5H,10H2,1H3,(H,13,14,15). The predicted octanol–water partition coefficient (Wildman–Crippen LogP) is 0.528. The Balaban J connectivity index is 2.49. The van der Waals surface area contributed by atoms with Crippen LogP contribution in [-0.4, -0.2) is 20.2 Å². The van der Waals surface area contributed by atoms with Gasteiger partial charge in [0.2, 0.25) is 0 Å². The summed E-state index contributed by atoms with van der Waals surface area (Å²) in [6.07, 6.45) is 3.26. The van der Waals surface area contributed by atoms with Gasteiger partial charge in [0, 0.05) is 6.20 Å². The summed E-state index contributed by atoms with van der Waals surface area (Å²) in [6, 6.07) is 3.83. The first-order chi connectivity index (χ1) is 7.31. The molecule has 2 rings (SSSR count). The zero-order chi connectivity index (χ0) is 10.7. The molecule has 15 heavy (non-hydrogen) atoms. The minimum absolute atomic E-state index is 0.276. The molecule has 0 saturated carbocycles. The van der Waals surface area contributed by atoms with E-state index in [1.54, 1.807) is 12.4 Å². The van der Waals surface area contributed by atoms with E-state index in [1.165, 1.54) is 0 Å². The molecule has 0 saturated heterocycles. The van der Waals surface area contributed by atoms with E-state index < -0.39 is 0 Å². The lowest BCUT2D eigenvalue weighted by atomic mass is 10.2. The zero-order valence-electron chi connectivity index (χ0n) is 8.18. The maximum absolute atomic E-state index is 5.20. The van der Waals surface area contributed by atoms with Gasteiger partial charge < -0.3 is 0 Å². The van der Waals surface area contributed by atoms with Gasteiger partial charge in [0.1, 0.15) is 5.69 Å². The topological polar surface area (TPSA) is 89.6 Å². The number of nitrogens with two attached hydrogens (primary N) is 1. The summed E-state index contributed by atoms with van der Waals surface area (Å²) < 4.78 is 0. The molecule has 0 radical (unpaired) electrons.